The van der Waals surface area contributed by atoms with Crippen molar-refractivity contribution in [2.24, 2.45) is 11.3 Å². The van der Waals surface area contributed by atoms with Crippen LogP contribution in [0.15, 0.2) is 0 Å². The molecule has 2 unspecified atom stereocenters. The first-order valence-electron chi connectivity index (χ1n) is 6.00. The zero-order chi connectivity index (χ0) is 10.9. The van der Waals surface area contributed by atoms with Crippen molar-refractivity contribution in [3.05, 3.63) is 0 Å². The molecule has 1 aliphatic heterocycles. The molecule has 0 bridgehead atoms. The second-order valence-electron chi connectivity index (χ2n) is 5.20. The van der Waals surface area contributed by atoms with Crippen molar-refractivity contribution in [1.82, 2.24) is 5.32 Å². The molecule has 2 N–H and O–H groups in total. The molecule has 0 aromatic carbocycles. The summed E-state index contributed by atoms with van der Waals surface area (Å²) in [5.74, 6) is 0.628. The SMILES string of the molecule is CCC1CCCC(C#N)(C2(O)CNC2)C1. The minimum absolute atomic E-state index is 0.475. The van der Waals surface area contributed by atoms with Gasteiger partial charge < -0.3 is 10.4 Å². The Kier molecular flexibility index (Phi) is 2.74. The zero-order valence-corrected chi connectivity index (χ0v) is 9.42. The molecular formula is C12H20N2O. The van der Waals surface area contributed by atoms with Gasteiger partial charge in [0.2, 0.25) is 0 Å². The zero-order valence-electron chi connectivity index (χ0n) is 9.42. The lowest BCUT2D eigenvalue weighted by atomic mass is 9.59. The van der Waals surface area contributed by atoms with Crippen molar-refractivity contribution in [3.8, 4) is 6.07 Å². The van der Waals surface area contributed by atoms with Gasteiger partial charge in [-0.2, -0.15) is 5.26 Å². The Hall–Kier alpha value is -0.590. The summed E-state index contributed by atoms with van der Waals surface area (Å²) < 4.78 is 0. The van der Waals surface area contributed by atoms with E-state index >= 15 is 0 Å². The highest BCUT2D eigenvalue weighted by atomic mass is 16.3. The quantitative estimate of drug-likeness (QED) is 0.722. The maximum absolute atomic E-state index is 10.4. The van der Waals surface area contributed by atoms with Crippen LogP contribution in [0.5, 0.6) is 0 Å². The summed E-state index contributed by atoms with van der Waals surface area (Å²) in [5, 5.41) is 22.9. The Balaban J connectivity index is 2.17. The Bertz CT molecular complexity index is 280. The predicted molar refractivity (Wildman–Crippen MR) is 58.1 cm³/mol. The van der Waals surface area contributed by atoms with Gasteiger partial charge in [-0.1, -0.05) is 26.2 Å². The molecule has 3 nitrogen and oxygen atoms in total. The Labute approximate surface area is 91.5 Å². The van der Waals surface area contributed by atoms with Crippen LogP contribution >= 0.6 is 0 Å². The van der Waals surface area contributed by atoms with Crippen molar-refractivity contribution in [2.75, 3.05) is 13.1 Å². The van der Waals surface area contributed by atoms with Crippen LogP contribution in [0.25, 0.3) is 0 Å². The molecule has 84 valence electrons. The van der Waals surface area contributed by atoms with E-state index in [2.05, 4.69) is 18.3 Å². The molecule has 15 heavy (non-hydrogen) atoms. The normalized spacial score (nSPS) is 39.1. The number of β-amino-alcohol motifs (C(OH)–C–C–N with tert-alkyl or cyclic N) is 1. The van der Waals surface area contributed by atoms with Crippen molar-refractivity contribution < 1.29 is 5.11 Å². The third kappa shape index (κ3) is 1.56. The van der Waals surface area contributed by atoms with Crippen LogP contribution in [0.3, 0.4) is 0 Å². The summed E-state index contributed by atoms with van der Waals surface area (Å²) in [5.41, 5.74) is -1.23. The minimum atomic E-state index is -0.754. The van der Waals surface area contributed by atoms with Crippen LogP contribution in [-0.2, 0) is 0 Å². The molecule has 0 aromatic heterocycles. The van der Waals surface area contributed by atoms with E-state index in [9.17, 15) is 10.4 Å². The molecule has 0 spiro atoms. The number of rotatable bonds is 2. The van der Waals surface area contributed by atoms with Gasteiger partial charge in [0.15, 0.2) is 0 Å². The van der Waals surface area contributed by atoms with Crippen LogP contribution in [0.2, 0.25) is 0 Å². The highest BCUT2D eigenvalue weighted by Crippen LogP contribution is 2.48. The highest BCUT2D eigenvalue weighted by Gasteiger charge is 2.55. The molecule has 3 heteroatoms. The summed E-state index contributed by atoms with van der Waals surface area (Å²) >= 11 is 0. The van der Waals surface area contributed by atoms with E-state index in [4.69, 9.17) is 0 Å². The molecule has 2 rings (SSSR count). The second-order valence-corrected chi connectivity index (χ2v) is 5.20. The summed E-state index contributed by atoms with van der Waals surface area (Å²) in [4.78, 5) is 0. The van der Waals surface area contributed by atoms with Crippen molar-refractivity contribution >= 4 is 0 Å². The summed E-state index contributed by atoms with van der Waals surface area (Å²) in [6.45, 7) is 3.37. The second kappa shape index (κ2) is 3.77. The average molecular weight is 208 g/mol. The first-order chi connectivity index (χ1) is 7.16. The third-order valence-corrected chi connectivity index (χ3v) is 4.37. The van der Waals surface area contributed by atoms with Crippen LogP contribution in [0.1, 0.15) is 39.0 Å². The van der Waals surface area contributed by atoms with Gasteiger partial charge in [-0.15, -0.1) is 0 Å². The fraction of sp³-hybridized carbons (Fsp3) is 0.917. The lowest BCUT2D eigenvalue weighted by Gasteiger charge is -2.52. The lowest BCUT2D eigenvalue weighted by molar-refractivity contribution is -0.115. The van der Waals surface area contributed by atoms with Crippen LogP contribution < -0.4 is 5.32 Å². The predicted octanol–water partition coefficient (Wildman–Crippen LogP) is 1.43. The standard InChI is InChI=1S/C12H20N2O/c1-2-10-4-3-5-11(6-10,7-13)12(15)8-14-9-12/h10,14-15H,2-6,8-9H2,1H3. The molecule has 2 fully saturated rings. The summed E-state index contributed by atoms with van der Waals surface area (Å²) in [7, 11) is 0. The molecule has 1 saturated carbocycles. The van der Waals surface area contributed by atoms with Crippen LogP contribution in [0.4, 0.5) is 0 Å². The molecular weight excluding hydrogens is 188 g/mol. The van der Waals surface area contributed by atoms with E-state index in [0.717, 1.165) is 25.7 Å². The van der Waals surface area contributed by atoms with E-state index in [1.165, 1.54) is 6.42 Å². The molecule has 0 radical (unpaired) electrons. The molecule has 1 aliphatic carbocycles. The Morgan fingerprint density at radius 1 is 1.53 bits per heavy atom. The van der Waals surface area contributed by atoms with Crippen molar-refractivity contribution in [1.29, 1.82) is 5.26 Å². The number of aliphatic hydroxyl groups is 1. The van der Waals surface area contributed by atoms with Gasteiger partial charge in [0, 0.05) is 13.1 Å². The third-order valence-electron chi connectivity index (χ3n) is 4.37. The van der Waals surface area contributed by atoms with Gasteiger partial charge in [0.1, 0.15) is 5.60 Å². The van der Waals surface area contributed by atoms with E-state index in [1.807, 2.05) is 0 Å². The van der Waals surface area contributed by atoms with E-state index < -0.39 is 11.0 Å². The van der Waals surface area contributed by atoms with Gasteiger partial charge in [-0.3, -0.25) is 0 Å². The van der Waals surface area contributed by atoms with Crippen molar-refractivity contribution in [2.45, 2.75) is 44.6 Å². The van der Waals surface area contributed by atoms with Gasteiger partial charge in [-0.25, -0.2) is 0 Å². The number of nitrogens with zero attached hydrogens (tertiary/aromatic N) is 1. The van der Waals surface area contributed by atoms with Gasteiger partial charge in [0.25, 0.3) is 0 Å². The number of nitrogens with one attached hydrogen (secondary N) is 1. The first-order valence-corrected chi connectivity index (χ1v) is 6.00. The maximum atomic E-state index is 10.4. The van der Waals surface area contributed by atoms with Gasteiger partial charge in [0.05, 0.1) is 11.5 Å². The average Bonchev–Trinajstić information content (AvgIpc) is 2.25. The Morgan fingerprint density at radius 3 is 2.73 bits per heavy atom. The smallest absolute Gasteiger partial charge is 0.108 e. The number of hydrogen-bond acceptors (Lipinski definition) is 3. The van der Waals surface area contributed by atoms with Crippen LogP contribution in [0, 0.1) is 22.7 Å². The Morgan fingerprint density at radius 2 is 2.27 bits per heavy atom. The number of nitriles is 1. The fourth-order valence-electron chi connectivity index (χ4n) is 3.07. The van der Waals surface area contributed by atoms with E-state index in [0.29, 0.717) is 19.0 Å². The summed E-state index contributed by atoms with van der Waals surface area (Å²) in [6.07, 6.45) is 5.21. The first kappa shape index (κ1) is 10.9. The molecule has 0 amide bonds. The maximum Gasteiger partial charge on any atom is 0.108 e. The van der Waals surface area contributed by atoms with E-state index in [-0.39, 0.29) is 0 Å². The van der Waals surface area contributed by atoms with E-state index in [1.54, 1.807) is 0 Å². The van der Waals surface area contributed by atoms with Crippen molar-refractivity contribution in [3.63, 3.8) is 0 Å². The summed E-state index contributed by atoms with van der Waals surface area (Å²) in [6, 6.07) is 2.43. The van der Waals surface area contributed by atoms with Gasteiger partial charge in [-0.05, 0) is 18.8 Å². The lowest BCUT2D eigenvalue weighted by Crippen LogP contribution is -2.68. The number of hydrogen-bond donors (Lipinski definition) is 2. The topological polar surface area (TPSA) is 56.0 Å². The monoisotopic (exact) mass is 208 g/mol. The molecule has 2 atom stereocenters. The minimum Gasteiger partial charge on any atom is -0.386 e. The fourth-order valence-corrected chi connectivity index (χ4v) is 3.07. The van der Waals surface area contributed by atoms with Gasteiger partial charge >= 0.3 is 0 Å². The molecule has 0 aromatic rings. The van der Waals surface area contributed by atoms with Crippen LogP contribution in [-0.4, -0.2) is 23.8 Å². The molecule has 1 heterocycles. The highest BCUT2D eigenvalue weighted by molar-refractivity contribution is 5.18. The molecule has 2 aliphatic rings. The largest absolute Gasteiger partial charge is 0.386 e. The molecule has 1 saturated heterocycles.